The first-order chi connectivity index (χ1) is 16.3. The topological polar surface area (TPSA) is 123 Å². The van der Waals surface area contributed by atoms with Crippen LogP contribution in [0.4, 0.5) is 8.78 Å². The summed E-state index contributed by atoms with van der Waals surface area (Å²) in [6, 6.07) is 9.02. The summed E-state index contributed by atoms with van der Waals surface area (Å²) < 4.78 is 33.9. The van der Waals surface area contributed by atoms with E-state index in [0.717, 1.165) is 23.1 Å². The van der Waals surface area contributed by atoms with Crippen LogP contribution in [0.1, 0.15) is 44.8 Å². The Morgan fingerprint density at radius 2 is 2.09 bits per heavy atom. The number of aromatic nitrogens is 5. The van der Waals surface area contributed by atoms with Gasteiger partial charge in [-0.3, -0.25) is 9.48 Å². The highest BCUT2D eigenvalue weighted by Crippen LogP contribution is 2.28. The van der Waals surface area contributed by atoms with E-state index >= 15 is 0 Å². The van der Waals surface area contributed by atoms with Gasteiger partial charge in [0.15, 0.2) is 5.82 Å². The van der Waals surface area contributed by atoms with Gasteiger partial charge in [-0.2, -0.15) is 10.4 Å². The van der Waals surface area contributed by atoms with Crippen molar-refractivity contribution in [1.29, 1.82) is 5.26 Å². The van der Waals surface area contributed by atoms with E-state index < -0.39 is 23.5 Å². The predicted octanol–water partition coefficient (Wildman–Crippen LogP) is 3.19. The largest absolute Gasteiger partial charge is 0.350 e. The molecule has 0 bridgehead atoms. The first-order valence-corrected chi connectivity index (χ1v) is 10.2. The Bertz CT molecular complexity index is 1420. The zero-order chi connectivity index (χ0) is 24.4. The molecule has 11 heteroatoms. The number of carbonyl (C=O) groups is 1. The third-order valence-electron chi connectivity index (χ3n) is 5.41. The van der Waals surface area contributed by atoms with Gasteiger partial charge in [0.05, 0.1) is 17.6 Å². The summed E-state index contributed by atoms with van der Waals surface area (Å²) in [5.74, 6) is -2.92. The van der Waals surface area contributed by atoms with Crippen LogP contribution in [-0.4, -0.2) is 37.4 Å². The van der Waals surface area contributed by atoms with Crippen LogP contribution in [0.15, 0.2) is 41.1 Å². The van der Waals surface area contributed by atoms with Gasteiger partial charge in [-0.05, 0) is 26.0 Å². The van der Waals surface area contributed by atoms with Crippen LogP contribution in [0, 0.1) is 36.8 Å². The lowest BCUT2D eigenvalue weighted by atomic mass is 9.93. The summed E-state index contributed by atoms with van der Waals surface area (Å²) in [7, 11) is 1.82. The average molecular weight is 463 g/mol. The van der Waals surface area contributed by atoms with Gasteiger partial charge in [0, 0.05) is 42.9 Å². The van der Waals surface area contributed by atoms with E-state index in [9.17, 15) is 18.8 Å². The highest BCUT2D eigenvalue weighted by atomic mass is 19.1. The Balaban J connectivity index is 1.60. The van der Waals surface area contributed by atoms with Crippen molar-refractivity contribution in [1.82, 2.24) is 30.2 Å². The molecule has 0 aliphatic heterocycles. The van der Waals surface area contributed by atoms with Gasteiger partial charge in [-0.1, -0.05) is 11.2 Å². The van der Waals surface area contributed by atoms with Gasteiger partial charge in [-0.15, -0.1) is 0 Å². The first-order valence-electron chi connectivity index (χ1n) is 10.2. The molecule has 0 saturated carbocycles. The fourth-order valence-electron chi connectivity index (χ4n) is 3.74. The van der Waals surface area contributed by atoms with Crippen molar-refractivity contribution in [2.24, 2.45) is 7.05 Å². The second-order valence-corrected chi connectivity index (χ2v) is 7.59. The molecule has 4 aromatic rings. The summed E-state index contributed by atoms with van der Waals surface area (Å²) in [5.41, 5.74) is 3.10. The monoisotopic (exact) mass is 463 g/mol. The number of nitrogens with one attached hydrogen (secondary N) is 1. The Morgan fingerprint density at radius 3 is 2.76 bits per heavy atom. The molecule has 34 heavy (non-hydrogen) atoms. The molecular formula is C23H19F2N7O2. The zero-order valence-corrected chi connectivity index (χ0v) is 18.5. The van der Waals surface area contributed by atoms with E-state index in [2.05, 4.69) is 25.5 Å². The van der Waals surface area contributed by atoms with Crippen molar-refractivity contribution in [3.8, 4) is 17.5 Å². The normalized spacial score (nSPS) is 11.8. The van der Waals surface area contributed by atoms with E-state index in [-0.39, 0.29) is 29.4 Å². The molecule has 1 atom stereocenters. The van der Waals surface area contributed by atoms with Gasteiger partial charge in [0.2, 0.25) is 5.76 Å². The first kappa shape index (κ1) is 22.7. The molecule has 4 aromatic heterocycles. The molecule has 1 N–H and O–H groups in total. The van der Waals surface area contributed by atoms with Crippen LogP contribution in [-0.2, 0) is 7.05 Å². The highest BCUT2D eigenvalue weighted by molar-refractivity contribution is 5.92. The van der Waals surface area contributed by atoms with Crippen LogP contribution in [0.25, 0.3) is 11.4 Å². The van der Waals surface area contributed by atoms with Crippen molar-refractivity contribution < 1.29 is 18.1 Å². The lowest BCUT2D eigenvalue weighted by Gasteiger charge is -2.18. The number of rotatable bonds is 6. The highest BCUT2D eigenvalue weighted by Gasteiger charge is 2.25. The number of hydrogen-bond donors (Lipinski definition) is 1. The maximum atomic E-state index is 14.0. The fourth-order valence-corrected chi connectivity index (χ4v) is 3.74. The molecule has 0 aromatic carbocycles. The van der Waals surface area contributed by atoms with E-state index in [1.54, 1.807) is 22.9 Å². The molecule has 172 valence electrons. The number of halogens is 2. The number of nitrogens with zero attached hydrogens (tertiary/aromatic N) is 6. The smallest absolute Gasteiger partial charge is 0.289 e. The molecule has 0 fully saturated rings. The van der Waals surface area contributed by atoms with E-state index in [0.29, 0.717) is 11.8 Å². The molecule has 0 aliphatic carbocycles. The minimum absolute atomic E-state index is 0.0402. The molecule has 4 heterocycles. The Labute approximate surface area is 193 Å². The van der Waals surface area contributed by atoms with Gasteiger partial charge < -0.3 is 9.84 Å². The molecule has 0 spiro atoms. The number of aryl methyl sites for hydroxylation is 2. The molecule has 1 unspecified atom stereocenters. The fraction of sp³-hybridized carbons (Fsp3) is 0.217. The standard InChI is InChI=1S/C23H19F2N7O2/c1-12-21(13(2)32(3)30-12)16(18-6-4-5-15(9-26)29-18)11-28-23(33)20-8-19(31-34-20)22-17(25)7-14(24)10-27-22/h4-8,10,16H,11H2,1-3H3,(H,28,33). The molecular weight excluding hydrogens is 444 g/mol. The summed E-state index contributed by atoms with van der Waals surface area (Å²) >= 11 is 0. The number of nitriles is 1. The lowest BCUT2D eigenvalue weighted by molar-refractivity contribution is 0.0915. The third kappa shape index (κ3) is 4.38. The van der Waals surface area contributed by atoms with E-state index in [1.165, 1.54) is 6.07 Å². The van der Waals surface area contributed by atoms with Crippen LogP contribution in [0.5, 0.6) is 0 Å². The Kier molecular flexibility index (Phi) is 6.14. The van der Waals surface area contributed by atoms with Crippen molar-refractivity contribution in [2.75, 3.05) is 6.54 Å². The third-order valence-corrected chi connectivity index (χ3v) is 5.41. The van der Waals surface area contributed by atoms with Gasteiger partial charge in [0.25, 0.3) is 5.91 Å². The van der Waals surface area contributed by atoms with E-state index in [4.69, 9.17) is 4.52 Å². The zero-order valence-electron chi connectivity index (χ0n) is 18.5. The van der Waals surface area contributed by atoms with Crippen molar-refractivity contribution in [2.45, 2.75) is 19.8 Å². The number of hydrogen-bond acceptors (Lipinski definition) is 7. The summed E-state index contributed by atoms with van der Waals surface area (Å²) in [6.45, 7) is 3.89. The van der Waals surface area contributed by atoms with Gasteiger partial charge >= 0.3 is 0 Å². The SMILES string of the molecule is Cc1nn(C)c(C)c1C(CNC(=O)c1cc(-c2ncc(F)cc2F)no1)c1cccc(C#N)n1. The Morgan fingerprint density at radius 1 is 1.29 bits per heavy atom. The minimum atomic E-state index is -0.925. The molecule has 0 radical (unpaired) electrons. The average Bonchev–Trinajstić information content (AvgIpc) is 3.39. The second-order valence-electron chi connectivity index (χ2n) is 7.59. The lowest BCUT2D eigenvalue weighted by Crippen LogP contribution is -2.29. The molecule has 9 nitrogen and oxygen atoms in total. The number of carbonyl (C=O) groups excluding carboxylic acids is 1. The molecule has 4 rings (SSSR count). The minimum Gasteiger partial charge on any atom is -0.350 e. The summed E-state index contributed by atoms with van der Waals surface area (Å²) in [4.78, 5) is 20.9. The predicted molar refractivity (Wildman–Crippen MR) is 115 cm³/mol. The maximum absolute atomic E-state index is 14.0. The van der Waals surface area contributed by atoms with Crippen LogP contribution in [0.2, 0.25) is 0 Å². The van der Waals surface area contributed by atoms with Crippen LogP contribution < -0.4 is 5.32 Å². The Hall–Kier alpha value is -4.46. The van der Waals surface area contributed by atoms with Gasteiger partial charge in [0.1, 0.15) is 29.0 Å². The molecule has 0 saturated heterocycles. The second kappa shape index (κ2) is 9.19. The van der Waals surface area contributed by atoms with E-state index in [1.807, 2.05) is 27.0 Å². The van der Waals surface area contributed by atoms with Crippen LogP contribution in [0.3, 0.4) is 0 Å². The van der Waals surface area contributed by atoms with Crippen molar-refractivity contribution in [3.63, 3.8) is 0 Å². The number of pyridine rings is 2. The maximum Gasteiger partial charge on any atom is 0.289 e. The van der Waals surface area contributed by atoms with Gasteiger partial charge in [-0.25, -0.2) is 18.7 Å². The van der Waals surface area contributed by atoms with Crippen molar-refractivity contribution in [3.05, 3.63) is 82.3 Å². The van der Waals surface area contributed by atoms with Crippen LogP contribution >= 0.6 is 0 Å². The number of amides is 1. The van der Waals surface area contributed by atoms with Crippen molar-refractivity contribution >= 4 is 5.91 Å². The quantitative estimate of drug-likeness (QED) is 0.466. The molecule has 0 aliphatic rings. The summed E-state index contributed by atoms with van der Waals surface area (Å²) in [6.07, 6.45) is 0.846. The molecule has 1 amide bonds. The summed E-state index contributed by atoms with van der Waals surface area (Å²) in [5, 5.41) is 20.2.